The second-order valence-electron chi connectivity index (χ2n) is 3.24. The van der Waals surface area contributed by atoms with Crippen molar-refractivity contribution in [2.75, 3.05) is 6.54 Å². The van der Waals surface area contributed by atoms with Crippen molar-refractivity contribution in [3.05, 3.63) is 28.5 Å². The van der Waals surface area contributed by atoms with Crippen molar-refractivity contribution in [1.82, 2.24) is 9.97 Å². The van der Waals surface area contributed by atoms with Gasteiger partial charge in [0, 0.05) is 10.9 Å². The van der Waals surface area contributed by atoms with Gasteiger partial charge in [0.2, 0.25) is 0 Å². The van der Waals surface area contributed by atoms with Crippen molar-refractivity contribution < 1.29 is 0 Å². The molecule has 0 spiro atoms. The van der Waals surface area contributed by atoms with Gasteiger partial charge in [0.25, 0.3) is 0 Å². The molecule has 4 heteroatoms. The van der Waals surface area contributed by atoms with Crippen LogP contribution in [0.5, 0.6) is 0 Å². The van der Waals surface area contributed by atoms with E-state index in [1.807, 2.05) is 18.2 Å². The normalized spacial score (nSPS) is 11.0. The summed E-state index contributed by atoms with van der Waals surface area (Å²) >= 11 is 3.43. The number of benzene rings is 1. The minimum atomic E-state index is 0.709. The number of halogens is 1. The highest BCUT2D eigenvalue weighted by atomic mass is 79.9. The van der Waals surface area contributed by atoms with Gasteiger partial charge in [-0.15, -0.1) is 0 Å². The molecule has 0 unspecified atom stereocenters. The van der Waals surface area contributed by atoms with Crippen molar-refractivity contribution in [2.24, 2.45) is 5.73 Å². The molecule has 2 rings (SSSR count). The maximum atomic E-state index is 5.45. The van der Waals surface area contributed by atoms with Gasteiger partial charge in [0.15, 0.2) is 0 Å². The number of aromatic amines is 1. The third kappa shape index (κ3) is 1.96. The number of aryl methyl sites for hydroxylation is 1. The van der Waals surface area contributed by atoms with Crippen LogP contribution in [-0.4, -0.2) is 16.5 Å². The van der Waals surface area contributed by atoms with Crippen molar-refractivity contribution in [3.8, 4) is 0 Å². The molecule has 0 bridgehead atoms. The molecule has 3 nitrogen and oxygen atoms in total. The van der Waals surface area contributed by atoms with E-state index in [9.17, 15) is 0 Å². The van der Waals surface area contributed by atoms with Crippen molar-refractivity contribution in [1.29, 1.82) is 0 Å². The number of hydrogen-bond donors (Lipinski definition) is 2. The van der Waals surface area contributed by atoms with Crippen molar-refractivity contribution in [3.63, 3.8) is 0 Å². The van der Waals surface area contributed by atoms with Gasteiger partial charge in [-0.25, -0.2) is 4.98 Å². The summed E-state index contributed by atoms with van der Waals surface area (Å²) in [6.45, 7) is 0.709. The number of aromatic nitrogens is 2. The Labute approximate surface area is 90.8 Å². The third-order valence-corrected chi connectivity index (χ3v) is 2.60. The predicted octanol–water partition coefficient (Wildman–Crippen LogP) is 2.22. The molecule has 1 aromatic carbocycles. The number of nitrogens with two attached hydrogens (primary N) is 1. The van der Waals surface area contributed by atoms with Crippen LogP contribution in [0.3, 0.4) is 0 Å². The van der Waals surface area contributed by atoms with E-state index >= 15 is 0 Å². The first-order valence-electron chi connectivity index (χ1n) is 4.64. The maximum absolute atomic E-state index is 5.45. The molecule has 2 aromatic rings. The Hall–Kier alpha value is -0.870. The smallest absolute Gasteiger partial charge is 0.107 e. The number of hydrogen-bond acceptors (Lipinski definition) is 2. The van der Waals surface area contributed by atoms with Crippen molar-refractivity contribution in [2.45, 2.75) is 12.8 Å². The molecule has 1 aromatic heterocycles. The van der Waals surface area contributed by atoms with Crippen LogP contribution in [0.2, 0.25) is 0 Å². The molecular formula is C10H12BrN3. The summed E-state index contributed by atoms with van der Waals surface area (Å²) in [5, 5.41) is 0. The molecule has 0 aliphatic heterocycles. The van der Waals surface area contributed by atoms with Gasteiger partial charge < -0.3 is 10.7 Å². The summed E-state index contributed by atoms with van der Waals surface area (Å²) < 4.78 is 1.07. The lowest BCUT2D eigenvalue weighted by atomic mass is 10.3. The van der Waals surface area contributed by atoms with E-state index in [0.717, 1.165) is 34.2 Å². The summed E-state index contributed by atoms with van der Waals surface area (Å²) in [5.74, 6) is 1.02. The Morgan fingerprint density at radius 2 is 2.29 bits per heavy atom. The zero-order valence-corrected chi connectivity index (χ0v) is 9.34. The topological polar surface area (TPSA) is 54.7 Å². The van der Waals surface area contributed by atoms with E-state index < -0.39 is 0 Å². The molecule has 0 saturated carbocycles. The second kappa shape index (κ2) is 4.11. The average Bonchev–Trinajstić information content (AvgIpc) is 2.56. The lowest BCUT2D eigenvalue weighted by molar-refractivity contribution is 0.796. The monoisotopic (exact) mass is 253 g/mol. The van der Waals surface area contributed by atoms with Crippen LogP contribution >= 0.6 is 15.9 Å². The highest BCUT2D eigenvalue weighted by Crippen LogP contribution is 2.17. The molecule has 74 valence electrons. The van der Waals surface area contributed by atoms with Gasteiger partial charge in [-0.05, 0) is 31.2 Å². The van der Waals surface area contributed by atoms with Gasteiger partial charge in [-0.1, -0.05) is 15.9 Å². The quantitative estimate of drug-likeness (QED) is 0.882. The number of fused-ring (bicyclic) bond motifs is 1. The van der Waals surface area contributed by atoms with E-state index in [1.54, 1.807) is 0 Å². The van der Waals surface area contributed by atoms with E-state index in [-0.39, 0.29) is 0 Å². The minimum absolute atomic E-state index is 0.709. The van der Waals surface area contributed by atoms with Gasteiger partial charge >= 0.3 is 0 Å². The van der Waals surface area contributed by atoms with E-state index in [0.29, 0.717) is 6.54 Å². The van der Waals surface area contributed by atoms with Crippen LogP contribution < -0.4 is 5.73 Å². The molecule has 1 heterocycles. The highest BCUT2D eigenvalue weighted by Gasteiger charge is 2.01. The third-order valence-electron chi connectivity index (χ3n) is 2.11. The minimum Gasteiger partial charge on any atom is -0.342 e. The summed E-state index contributed by atoms with van der Waals surface area (Å²) in [4.78, 5) is 7.73. The molecule has 0 aliphatic carbocycles. The standard InChI is InChI=1S/C10H12BrN3/c11-7-3-4-8-9(6-7)14-10(13-8)2-1-5-12/h3-4,6H,1-2,5,12H2,(H,13,14). The number of H-pyrrole nitrogens is 1. The Morgan fingerprint density at radius 1 is 1.43 bits per heavy atom. The first kappa shape index (κ1) is 9.68. The molecular weight excluding hydrogens is 242 g/mol. The summed E-state index contributed by atoms with van der Waals surface area (Å²) in [6.07, 6.45) is 1.89. The Bertz CT molecular complexity index is 436. The van der Waals surface area contributed by atoms with E-state index in [2.05, 4.69) is 25.9 Å². The summed E-state index contributed by atoms with van der Waals surface area (Å²) in [7, 11) is 0. The van der Waals surface area contributed by atoms with Gasteiger partial charge in [-0.2, -0.15) is 0 Å². The number of nitrogens with zero attached hydrogens (tertiary/aromatic N) is 1. The predicted molar refractivity (Wildman–Crippen MR) is 61.2 cm³/mol. The lowest BCUT2D eigenvalue weighted by Gasteiger charge is -1.91. The molecule has 0 saturated heterocycles. The van der Waals surface area contributed by atoms with Gasteiger partial charge in [0.1, 0.15) is 5.82 Å². The molecule has 0 radical (unpaired) electrons. The number of rotatable bonds is 3. The van der Waals surface area contributed by atoms with Crippen LogP contribution in [0, 0.1) is 0 Å². The molecule has 0 atom stereocenters. The Morgan fingerprint density at radius 3 is 3.07 bits per heavy atom. The fourth-order valence-corrected chi connectivity index (χ4v) is 1.78. The zero-order valence-electron chi connectivity index (χ0n) is 7.76. The summed E-state index contributed by atoms with van der Waals surface area (Å²) in [6, 6.07) is 6.03. The van der Waals surface area contributed by atoms with Crippen LogP contribution in [0.1, 0.15) is 12.2 Å². The molecule has 0 amide bonds. The first-order chi connectivity index (χ1) is 6.79. The van der Waals surface area contributed by atoms with Gasteiger partial charge in [-0.3, -0.25) is 0 Å². The summed E-state index contributed by atoms with van der Waals surface area (Å²) in [5.41, 5.74) is 7.54. The Balaban J connectivity index is 2.32. The fourth-order valence-electron chi connectivity index (χ4n) is 1.42. The molecule has 0 fully saturated rings. The maximum Gasteiger partial charge on any atom is 0.107 e. The SMILES string of the molecule is NCCCc1nc2ccc(Br)cc2[nH]1. The Kier molecular flexibility index (Phi) is 2.84. The van der Waals surface area contributed by atoms with Crippen molar-refractivity contribution >= 4 is 27.0 Å². The molecule has 3 N–H and O–H groups in total. The first-order valence-corrected chi connectivity index (χ1v) is 5.43. The van der Waals surface area contributed by atoms with Crippen LogP contribution in [0.15, 0.2) is 22.7 Å². The average molecular weight is 254 g/mol. The molecule has 0 aliphatic rings. The number of imidazole rings is 1. The fraction of sp³-hybridized carbons (Fsp3) is 0.300. The van der Waals surface area contributed by atoms with Gasteiger partial charge in [0.05, 0.1) is 11.0 Å². The van der Waals surface area contributed by atoms with E-state index in [1.165, 1.54) is 0 Å². The molecule has 14 heavy (non-hydrogen) atoms. The number of nitrogens with one attached hydrogen (secondary N) is 1. The van der Waals surface area contributed by atoms with Crippen LogP contribution in [0.4, 0.5) is 0 Å². The zero-order chi connectivity index (χ0) is 9.97. The van der Waals surface area contributed by atoms with E-state index in [4.69, 9.17) is 5.73 Å². The van der Waals surface area contributed by atoms with Crippen LogP contribution in [0.25, 0.3) is 11.0 Å². The van der Waals surface area contributed by atoms with Crippen LogP contribution in [-0.2, 0) is 6.42 Å². The highest BCUT2D eigenvalue weighted by molar-refractivity contribution is 9.10. The largest absolute Gasteiger partial charge is 0.342 e. The lowest BCUT2D eigenvalue weighted by Crippen LogP contribution is -2.01. The second-order valence-corrected chi connectivity index (χ2v) is 4.15.